The van der Waals surface area contributed by atoms with E-state index in [2.05, 4.69) is 5.32 Å². The van der Waals surface area contributed by atoms with Gasteiger partial charge in [0.25, 0.3) is 0 Å². The number of fused-ring (bicyclic) bond motifs is 2. The third-order valence-corrected chi connectivity index (χ3v) is 6.86. The summed E-state index contributed by atoms with van der Waals surface area (Å²) in [4.78, 5) is 26.2. The van der Waals surface area contributed by atoms with Gasteiger partial charge in [-0.3, -0.25) is 9.59 Å². The van der Waals surface area contributed by atoms with Gasteiger partial charge in [-0.15, -0.1) is 0 Å². The van der Waals surface area contributed by atoms with Crippen LogP contribution in [0.2, 0.25) is 5.02 Å². The maximum Gasteiger partial charge on any atom is 0.322 e. The van der Waals surface area contributed by atoms with E-state index in [1.165, 1.54) is 16.6 Å². The number of amides is 1. The van der Waals surface area contributed by atoms with Gasteiger partial charge in [-0.2, -0.15) is 0 Å². The second kappa shape index (κ2) is 7.47. The number of nitrogens with one attached hydrogen (secondary N) is 1. The number of rotatable bonds is 3. The standard InChI is InChI=1S/C23H23Cl2FN2O3/c1-22(2,3)11-17-23(15-6-4-5-7-16(15)27-21(23)31)18(19(20(29)30)28(17)25)12-8-13(24)10-14(26)9-12/h4-10,17-19H,11H2,1-3H3,(H,27,31)(H,29,30). The smallest absolute Gasteiger partial charge is 0.322 e. The molecular formula is C23H23Cl2FN2O3. The van der Waals surface area contributed by atoms with Gasteiger partial charge in [0.15, 0.2) is 0 Å². The summed E-state index contributed by atoms with van der Waals surface area (Å²) >= 11 is 12.8. The van der Waals surface area contributed by atoms with E-state index >= 15 is 0 Å². The second-order valence-electron chi connectivity index (χ2n) is 9.46. The van der Waals surface area contributed by atoms with E-state index in [0.717, 1.165) is 6.07 Å². The van der Waals surface area contributed by atoms with Crippen LogP contribution < -0.4 is 5.32 Å². The Morgan fingerprint density at radius 2 is 1.94 bits per heavy atom. The Bertz CT molecular complexity index is 1050. The van der Waals surface area contributed by atoms with E-state index in [-0.39, 0.29) is 16.3 Å². The molecule has 31 heavy (non-hydrogen) atoms. The molecule has 0 radical (unpaired) electrons. The number of hydrogen-bond acceptors (Lipinski definition) is 3. The molecule has 0 aromatic heterocycles. The van der Waals surface area contributed by atoms with Crippen molar-refractivity contribution < 1.29 is 19.1 Å². The molecule has 0 saturated carbocycles. The van der Waals surface area contributed by atoms with E-state index in [1.807, 2.05) is 26.8 Å². The highest BCUT2D eigenvalue weighted by Crippen LogP contribution is 2.60. The number of carboxylic acids is 1. The number of aliphatic carboxylic acids is 1. The SMILES string of the molecule is CC(C)(C)CC1N(Cl)C(C(=O)O)C(c2cc(F)cc(Cl)c2)C12C(=O)Nc1ccccc12. The van der Waals surface area contributed by atoms with E-state index < -0.39 is 35.2 Å². The lowest BCUT2D eigenvalue weighted by molar-refractivity contribution is -0.141. The van der Waals surface area contributed by atoms with Crippen molar-refractivity contribution in [2.45, 2.75) is 50.6 Å². The van der Waals surface area contributed by atoms with Crippen LogP contribution in [0.4, 0.5) is 10.1 Å². The Morgan fingerprint density at radius 3 is 2.55 bits per heavy atom. The van der Waals surface area contributed by atoms with Gasteiger partial charge in [-0.25, -0.2) is 8.81 Å². The topological polar surface area (TPSA) is 69.6 Å². The number of halogens is 3. The van der Waals surface area contributed by atoms with Gasteiger partial charge >= 0.3 is 5.97 Å². The van der Waals surface area contributed by atoms with Crippen molar-refractivity contribution in [3.8, 4) is 0 Å². The summed E-state index contributed by atoms with van der Waals surface area (Å²) in [6.07, 6.45) is 0.446. The van der Waals surface area contributed by atoms with Crippen molar-refractivity contribution in [2.75, 3.05) is 5.32 Å². The van der Waals surface area contributed by atoms with Crippen LogP contribution in [0.3, 0.4) is 0 Å². The Hall–Kier alpha value is -2.15. The summed E-state index contributed by atoms with van der Waals surface area (Å²) in [5, 5.41) is 13.2. The first kappa shape index (κ1) is 22.1. The molecule has 1 spiro atoms. The van der Waals surface area contributed by atoms with E-state index in [1.54, 1.807) is 18.2 Å². The molecule has 2 aromatic rings. The first-order valence-corrected chi connectivity index (χ1v) is 10.7. The molecule has 4 unspecified atom stereocenters. The normalized spacial score (nSPS) is 28.1. The average molecular weight is 465 g/mol. The quantitative estimate of drug-likeness (QED) is 0.613. The molecule has 2 aliphatic heterocycles. The third-order valence-electron chi connectivity index (χ3n) is 6.19. The Kier molecular flexibility index (Phi) is 5.31. The lowest BCUT2D eigenvalue weighted by Gasteiger charge is -2.38. The Balaban J connectivity index is 2.06. The lowest BCUT2D eigenvalue weighted by Crippen LogP contribution is -2.49. The zero-order chi connectivity index (χ0) is 22.7. The van der Waals surface area contributed by atoms with Gasteiger partial charge in [0, 0.05) is 22.7 Å². The first-order valence-electron chi connectivity index (χ1n) is 10.0. The molecular weight excluding hydrogens is 442 g/mol. The largest absolute Gasteiger partial charge is 0.480 e. The fraction of sp³-hybridized carbons (Fsp3) is 0.391. The fourth-order valence-electron chi connectivity index (χ4n) is 5.20. The number of carbonyl (C=O) groups is 2. The van der Waals surface area contributed by atoms with E-state index in [4.69, 9.17) is 23.4 Å². The molecule has 1 amide bonds. The minimum absolute atomic E-state index is 0.126. The number of anilines is 1. The zero-order valence-corrected chi connectivity index (χ0v) is 18.8. The van der Waals surface area contributed by atoms with Gasteiger partial charge in [0.1, 0.15) is 17.3 Å². The summed E-state index contributed by atoms with van der Waals surface area (Å²) in [5.41, 5.74) is 0.00161. The highest BCUT2D eigenvalue weighted by Gasteiger charge is 2.69. The maximum absolute atomic E-state index is 14.4. The number of carbonyl (C=O) groups excluding carboxylic acids is 1. The minimum atomic E-state index is -1.33. The van der Waals surface area contributed by atoms with E-state index in [0.29, 0.717) is 23.2 Å². The summed E-state index contributed by atoms with van der Waals surface area (Å²) in [6.45, 7) is 6.02. The molecule has 0 bridgehead atoms. The lowest BCUT2D eigenvalue weighted by atomic mass is 9.62. The summed E-state index contributed by atoms with van der Waals surface area (Å²) < 4.78 is 15.6. The van der Waals surface area contributed by atoms with Crippen molar-refractivity contribution in [2.24, 2.45) is 5.41 Å². The van der Waals surface area contributed by atoms with Crippen LogP contribution in [-0.2, 0) is 15.0 Å². The second-order valence-corrected chi connectivity index (χ2v) is 10.3. The highest BCUT2D eigenvalue weighted by atomic mass is 35.5. The summed E-state index contributed by atoms with van der Waals surface area (Å²) in [7, 11) is 0. The number of benzene rings is 2. The number of para-hydroxylation sites is 1. The molecule has 4 rings (SSSR count). The molecule has 2 heterocycles. The molecule has 2 N–H and O–H groups in total. The molecule has 2 aromatic carbocycles. The fourth-order valence-corrected chi connectivity index (χ4v) is 5.85. The molecule has 4 atom stereocenters. The molecule has 0 aliphatic carbocycles. The van der Waals surface area contributed by atoms with Crippen molar-refractivity contribution in [3.05, 3.63) is 64.4 Å². The van der Waals surface area contributed by atoms with E-state index in [9.17, 15) is 19.1 Å². The average Bonchev–Trinajstić information content (AvgIpc) is 3.07. The van der Waals surface area contributed by atoms with Crippen LogP contribution in [0, 0.1) is 11.2 Å². The van der Waals surface area contributed by atoms with Crippen molar-refractivity contribution in [1.82, 2.24) is 4.42 Å². The Morgan fingerprint density at radius 1 is 1.26 bits per heavy atom. The van der Waals surface area contributed by atoms with Crippen LogP contribution in [0.5, 0.6) is 0 Å². The summed E-state index contributed by atoms with van der Waals surface area (Å²) in [6, 6.07) is 9.19. The van der Waals surface area contributed by atoms with Crippen molar-refractivity contribution in [1.29, 1.82) is 0 Å². The molecule has 164 valence electrons. The van der Waals surface area contributed by atoms with Crippen LogP contribution in [0.25, 0.3) is 0 Å². The molecule has 5 nitrogen and oxygen atoms in total. The molecule has 8 heteroatoms. The van der Waals surface area contributed by atoms with Crippen molar-refractivity contribution >= 4 is 40.9 Å². The predicted molar refractivity (Wildman–Crippen MR) is 118 cm³/mol. The number of hydrogen-bond donors (Lipinski definition) is 2. The van der Waals surface area contributed by atoms with Gasteiger partial charge in [0.05, 0.1) is 0 Å². The molecule has 1 saturated heterocycles. The monoisotopic (exact) mass is 464 g/mol. The highest BCUT2D eigenvalue weighted by molar-refractivity contribution is 6.30. The predicted octanol–water partition coefficient (Wildman–Crippen LogP) is 5.18. The van der Waals surface area contributed by atoms with Gasteiger partial charge in [0.2, 0.25) is 5.91 Å². The molecule has 2 aliphatic rings. The first-order chi connectivity index (χ1) is 14.5. The van der Waals surface area contributed by atoms with Crippen LogP contribution in [0.15, 0.2) is 42.5 Å². The van der Waals surface area contributed by atoms with Crippen LogP contribution in [-0.4, -0.2) is 33.5 Å². The minimum Gasteiger partial charge on any atom is -0.480 e. The number of carboxylic acid groups (broad SMARTS) is 1. The van der Waals surface area contributed by atoms with Crippen LogP contribution in [0.1, 0.15) is 44.2 Å². The Labute approximate surface area is 190 Å². The van der Waals surface area contributed by atoms with Gasteiger partial charge < -0.3 is 10.4 Å². The van der Waals surface area contributed by atoms with Crippen LogP contribution >= 0.6 is 23.4 Å². The maximum atomic E-state index is 14.4. The zero-order valence-electron chi connectivity index (χ0n) is 17.3. The van der Waals surface area contributed by atoms with Crippen molar-refractivity contribution in [3.63, 3.8) is 0 Å². The molecule has 1 fully saturated rings. The summed E-state index contributed by atoms with van der Waals surface area (Å²) in [5.74, 6) is -3.09. The third kappa shape index (κ3) is 3.41. The number of nitrogens with zero attached hydrogens (tertiary/aromatic N) is 1. The van der Waals surface area contributed by atoms with Gasteiger partial charge in [-0.05, 0) is 59.0 Å². The van der Waals surface area contributed by atoms with Gasteiger partial charge in [-0.1, -0.05) is 50.6 Å².